The fourth-order valence-electron chi connectivity index (χ4n) is 3.08. The molecule has 3 heterocycles. The van der Waals surface area contributed by atoms with E-state index in [1.807, 2.05) is 6.07 Å². The Bertz CT molecular complexity index is 1000. The lowest BCUT2D eigenvalue weighted by atomic mass is 10.1. The van der Waals surface area contributed by atoms with Crippen molar-refractivity contribution in [3.63, 3.8) is 0 Å². The Labute approximate surface area is 169 Å². The molecule has 0 spiro atoms. The Balaban J connectivity index is 1.47. The number of aliphatic hydroxyl groups excluding tert-OH is 1. The number of aliphatic hydroxyl groups is 1. The third-order valence-electron chi connectivity index (χ3n) is 4.43. The van der Waals surface area contributed by atoms with E-state index in [9.17, 15) is 9.50 Å². The van der Waals surface area contributed by atoms with Gasteiger partial charge in [-0.1, -0.05) is 23.7 Å². The molecule has 148 valence electrons. The summed E-state index contributed by atoms with van der Waals surface area (Å²) in [6, 6.07) is 7.17. The number of nitrogens with two attached hydrogens (primary N) is 1. The van der Waals surface area contributed by atoms with Gasteiger partial charge >= 0.3 is 0 Å². The highest BCUT2D eigenvalue weighted by Crippen LogP contribution is 2.34. The second kappa shape index (κ2) is 7.76. The molecule has 11 heteroatoms. The van der Waals surface area contributed by atoms with E-state index in [0.29, 0.717) is 5.02 Å². The quantitative estimate of drug-likeness (QED) is 0.602. The average Bonchev–Trinajstić information content (AvgIpc) is 3.18. The molecule has 0 amide bonds. The highest BCUT2D eigenvalue weighted by atomic mass is 35.5. The van der Waals surface area contributed by atoms with E-state index in [2.05, 4.69) is 15.0 Å². The maximum absolute atomic E-state index is 14.7. The molecule has 0 bridgehead atoms. The monoisotopic (exact) mass is 427 g/mol. The van der Waals surface area contributed by atoms with Crippen molar-refractivity contribution in [3.05, 3.63) is 46.5 Å². The first-order chi connectivity index (χ1) is 13.4. The van der Waals surface area contributed by atoms with Crippen LogP contribution in [0.25, 0.3) is 11.2 Å². The van der Waals surface area contributed by atoms with Gasteiger partial charge < -0.3 is 20.3 Å². The largest absolute Gasteiger partial charge is 0.387 e. The lowest BCUT2D eigenvalue weighted by molar-refractivity contribution is -0.0660. The van der Waals surface area contributed by atoms with Gasteiger partial charge in [-0.2, -0.15) is 9.97 Å². The Hall–Kier alpha value is -2.04. The number of hydrogen-bond donors (Lipinski definition) is 2. The summed E-state index contributed by atoms with van der Waals surface area (Å²) < 4.78 is 27.3. The number of anilines is 1. The highest BCUT2D eigenvalue weighted by molar-refractivity contribution is 6.30. The summed E-state index contributed by atoms with van der Waals surface area (Å²) >= 11 is 11.8. The molecule has 1 aliphatic heterocycles. The molecule has 1 aromatic carbocycles. The fourth-order valence-corrected chi connectivity index (χ4v) is 3.47. The molecule has 8 nitrogen and oxygen atoms in total. The molecule has 0 radical (unpaired) electrons. The van der Waals surface area contributed by atoms with Gasteiger partial charge in [0.05, 0.1) is 19.5 Å². The molecule has 1 saturated heterocycles. The van der Waals surface area contributed by atoms with Crippen LogP contribution in [0.3, 0.4) is 0 Å². The molecular formula is C17H16Cl2FN5O3. The maximum Gasteiger partial charge on any atom is 0.226 e. The van der Waals surface area contributed by atoms with Gasteiger partial charge in [-0.15, -0.1) is 0 Å². The van der Waals surface area contributed by atoms with Gasteiger partial charge in [0.15, 0.2) is 23.9 Å². The third-order valence-corrected chi connectivity index (χ3v) is 4.83. The van der Waals surface area contributed by atoms with Gasteiger partial charge in [0.25, 0.3) is 0 Å². The first-order valence-corrected chi connectivity index (χ1v) is 9.15. The number of alkyl halides is 1. The zero-order valence-corrected chi connectivity index (χ0v) is 15.9. The van der Waals surface area contributed by atoms with Crippen LogP contribution in [0.4, 0.5) is 10.2 Å². The Morgan fingerprint density at radius 3 is 2.93 bits per heavy atom. The summed E-state index contributed by atoms with van der Waals surface area (Å²) in [5.74, 6) is 0.0732. The van der Waals surface area contributed by atoms with Crippen molar-refractivity contribution in [1.29, 1.82) is 0 Å². The number of nitrogen functional groups attached to an aromatic ring is 1. The molecule has 4 atom stereocenters. The lowest BCUT2D eigenvalue weighted by Crippen LogP contribution is -2.31. The molecule has 0 unspecified atom stereocenters. The maximum atomic E-state index is 14.7. The third kappa shape index (κ3) is 3.63. The van der Waals surface area contributed by atoms with Gasteiger partial charge in [0, 0.05) is 5.02 Å². The molecule has 3 N–H and O–H groups in total. The number of hydrogen-bond acceptors (Lipinski definition) is 7. The van der Waals surface area contributed by atoms with Crippen LogP contribution in [-0.2, 0) is 16.1 Å². The predicted octanol–water partition coefficient (Wildman–Crippen LogP) is 2.53. The average molecular weight is 428 g/mol. The van der Waals surface area contributed by atoms with E-state index in [1.165, 1.54) is 10.9 Å². The van der Waals surface area contributed by atoms with E-state index in [-0.39, 0.29) is 35.5 Å². The van der Waals surface area contributed by atoms with E-state index in [1.54, 1.807) is 18.2 Å². The first kappa shape index (κ1) is 19.3. The first-order valence-electron chi connectivity index (χ1n) is 8.39. The summed E-state index contributed by atoms with van der Waals surface area (Å²) in [6.45, 7) is 0.247. The number of ether oxygens (including phenoxy) is 2. The molecule has 3 aromatic rings. The van der Waals surface area contributed by atoms with Crippen LogP contribution in [-0.4, -0.2) is 49.6 Å². The molecule has 1 fully saturated rings. The topological polar surface area (TPSA) is 108 Å². The minimum Gasteiger partial charge on any atom is -0.387 e. The lowest BCUT2D eigenvalue weighted by Gasteiger charge is -2.16. The summed E-state index contributed by atoms with van der Waals surface area (Å²) in [5, 5.41) is 10.7. The number of rotatable bonds is 5. The van der Waals surface area contributed by atoms with E-state index in [4.69, 9.17) is 38.4 Å². The number of fused-ring (bicyclic) bond motifs is 1. The summed E-state index contributed by atoms with van der Waals surface area (Å²) in [6.07, 6.45) is -3.79. The minimum absolute atomic E-state index is 0.00485. The van der Waals surface area contributed by atoms with Crippen molar-refractivity contribution in [2.24, 2.45) is 0 Å². The van der Waals surface area contributed by atoms with Gasteiger partial charge in [0.2, 0.25) is 5.28 Å². The van der Waals surface area contributed by atoms with Crippen molar-refractivity contribution in [2.75, 3.05) is 12.3 Å². The van der Waals surface area contributed by atoms with E-state index >= 15 is 0 Å². The van der Waals surface area contributed by atoms with Crippen molar-refractivity contribution in [3.8, 4) is 0 Å². The van der Waals surface area contributed by atoms with Gasteiger partial charge in [-0.25, -0.2) is 9.37 Å². The van der Waals surface area contributed by atoms with Crippen LogP contribution in [0.15, 0.2) is 30.6 Å². The van der Waals surface area contributed by atoms with Gasteiger partial charge in [0.1, 0.15) is 17.7 Å². The fraction of sp³-hybridized carbons (Fsp3) is 0.353. The summed E-state index contributed by atoms with van der Waals surface area (Å²) in [7, 11) is 0. The Morgan fingerprint density at radius 2 is 2.14 bits per heavy atom. The van der Waals surface area contributed by atoms with Crippen molar-refractivity contribution >= 4 is 40.2 Å². The minimum atomic E-state index is -1.72. The van der Waals surface area contributed by atoms with Gasteiger partial charge in [-0.05, 0) is 29.3 Å². The van der Waals surface area contributed by atoms with Crippen LogP contribution in [0.2, 0.25) is 10.3 Å². The SMILES string of the molecule is Nc1nc(Cl)nc2c1ncn2[C@@H]1O[C@H](COCc2cccc(Cl)c2)[C@@H](O)[C@@H]1F. The molecule has 28 heavy (non-hydrogen) atoms. The number of nitrogens with zero attached hydrogens (tertiary/aromatic N) is 4. The zero-order valence-electron chi connectivity index (χ0n) is 14.4. The van der Waals surface area contributed by atoms with Crippen molar-refractivity contribution < 1.29 is 19.0 Å². The number of halogens is 3. The predicted molar refractivity (Wildman–Crippen MR) is 101 cm³/mol. The van der Waals surface area contributed by atoms with Crippen molar-refractivity contribution in [2.45, 2.75) is 31.2 Å². The smallest absolute Gasteiger partial charge is 0.226 e. The highest BCUT2D eigenvalue weighted by Gasteiger charge is 2.45. The molecule has 0 aliphatic carbocycles. The standard InChI is InChI=1S/C17H16Cl2FN5O3/c18-9-3-1-2-8(4-9)5-27-6-10-13(26)11(20)16(28-10)25-7-22-12-14(21)23-17(19)24-15(12)25/h1-4,7,10-11,13,16,26H,5-6H2,(H2,21,23,24)/t10-,11+,13-,16-/m1/s1. The van der Waals surface area contributed by atoms with Crippen LogP contribution < -0.4 is 5.73 Å². The zero-order chi connectivity index (χ0) is 19.8. The van der Waals surface area contributed by atoms with Crippen LogP contribution in [0.5, 0.6) is 0 Å². The molecular weight excluding hydrogens is 412 g/mol. The van der Waals surface area contributed by atoms with E-state index in [0.717, 1.165) is 5.56 Å². The summed E-state index contributed by atoms with van der Waals surface area (Å²) in [5.41, 5.74) is 7.12. The molecule has 2 aromatic heterocycles. The van der Waals surface area contributed by atoms with Crippen LogP contribution in [0, 0.1) is 0 Å². The second-order valence-corrected chi connectivity index (χ2v) is 7.12. The number of benzene rings is 1. The Morgan fingerprint density at radius 1 is 1.32 bits per heavy atom. The number of imidazole rings is 1. The second-order valence-electron chi connectivity index (χ2n) is 6.35. The molecule has 0 saturated carbocycles. The molecule has 4 rings (SSSR count). The van der Waals surface area contributed by atoms with Crippen LogP contribution >= 0.6 is 23.2 Å². The Kier molecular flexibility index (Phi) is 5.35. The normalized spacial score (nSPS) is 24.9. The molecule has 1 aliphatic rings. The van der Waals surface area contributed by atoms with Crippen LogP contribution in [0.1, 0.15) is 11.8 Å². The number of aromatic nitrogens is 4. The van der Waals surface area contributed by atoms with E-state index < -0.39 is 24.6 Å². The van der Waals surface area contributed by atoms with Crippen molar-refractivity contribution in [1.82, 2.24) is 19.5 Å². The summed E-state index contributed by atoms with van der Waals surface area (Å²) in [4.78, 5) is 11.9. The van der Waals surface area contributed by atoms with Gasteiger partial charge in [-0.3, -0.25) is 4.57 Å².